The molecular formula is C11H16N2O2. The summed E-state index contributed by atoms with van der Waals surface area (Å²) in [6.45, 7) is 1.05. The van der Waals surface area contributed by atoms with Crippen molar-refractivity contribution in [3.05, 3.63) is 11.8 Å². The standard InChI is InChI=1S/C11H16N2O2/c1-13-6-2-3-8(7-13)9-4-5-10(14)12-11(9)15/h7,9H,2-6H2,1H3,(H,12,14,15). The molecule has 2 aliphatic heterocycles. The molecule has 0 bridgehead atoms. The number of carbonyl (C=O) groups is 2. The second-order valence-electron chi connectivity index (χ2n) is 4.29. The molecule has 2 rings (SSSR count). The van der Waals surface area contributed by atoms with Gasteiger partial charge in [0, 0.05) is 20.0 Å². The van der Waals surface area contributed by atoms with Crippen LogP contribution in [0, 0.1) is 5.92 Å². The van der Waals surface area contributed by atoms with Crippen molar-refractivity contribution in [1.29, 1.82) is 0 Å². The molecule has 4 nitrogen and oxygen atoms in total. The molecule has 15 heavy (non-hydrogen) atoms. The van der Waals surface area contributed by atoms with Crippen LogP contribution < -0.4 is 5.32 Å². The van der Waals surface area contributed by atoms with Crippen LogP contribution in [0.25, 0.3) is 0 Å². The van der Waals surface area contributed by atoms with Gasteiger partial charge in [-0.1, -0.05) is 0 Å². The van der Waals surface area contributed by atoms with Gasteiger partial charge in [0.1, 0.15) is 0 Å². The van der Waals surface area contributed by atoms with Crippen LogP contribution in [0.15, 0.2) is 11.8 Å². The van der Waals surface area contributed by atoms with Crippen molar-refractivity contribution < 1.29 is 9.59 Å². The minimum absolute atomic E-state index is 0.0783. The summed E-state index contributed by atoms with van der Waals surface area (Å²) in [6.07, 6.45) is 5.28. The number of amides is 2. The first kappa shape index (κ1) is 10.2. The summed E-state index contributed by atoms with van der Waals surface area (Å²) in [5, 5.41) is 2.40. The fourth-order valence-electron chi connectivity index (χ4n) is 2.26. The minimum atomic E-state index is -0.138. The quantitative estimate of drug-likeness (QED) is 0.644. The highest BCUT2D eigenvalue weighted by atomic mass is 16.2. The van der Waals surface area contributed by atoms with E-state index in [1.54, 1.807) is 0 Å². The number of piperidine rings is 1. The van der Waals surface area contributed by atoms with Gasteiger partial charge in [-0.3, -0.25) is 14.9 Å². The van der Waals surface area contributed by atoms with Gasteiger partial charge in [0.2, 0.25) is 11.8 Å². The average Bonchev–Trinajstić information content (AvgIpc) is 2.17. The van der Waals surface area contributed by atoms with E-state index in [-0.39, 0.29) is 17.7 Å². The van der Waals surface area contributed by atoms with Gasteiger partial charge in [-0.2, -0.15) is 0 Å². The Balaban J connectivity index is 2.10. The molecule has 0 aromatic carbocycles. The summed E-state index contributed by atoms with van der Waals surface area (Å²) < 4.78 is 0. The average molecular weight is 208 g/mol. The third-order valence-corrected chi connectivity index (χ3v) is 3.05. The molecule has 0 saturated carbocycles. The highest BCUT2D eigenvalue weighted by molar-refractivity contribution is 5.99. The van der Waals surface area contributed by atoms with E-state index >= 15 is 0 Å². The number of nitrogens with zero attached hydrogens (tertiary/aromatic N) is 1. The first-order valence-electron chi connectivity index (χ1n) is 5.41. The summed E-state index contributed by atoms with van der Waals surface area (Å²) in [6, 6.07) is 0. The highest BCUT2D eigenvalue weighted by Crippen LogP contribution is 2.27. The van der Waals surface area contributed by atoms with Crippen molar-refractivity contribution in [3.63, 3.8) is 0 Å². The van der Waals surface area contributed by atoms with Gasteiger partial charge in [-0.05, 0) is 31.0 Å². The van der Waals surface area contributed by atoms with Crippen molar-refractivity contribution >= 4 is 11.8 Å². The predicted octanol–water partition coefficient (Wildman–Crippen LogP) is 0.649. The van der Waals surface area contributed by atoms with Gasteiger partial charge >= 0.3 is 0 Å². The Hall–Kier alpha value is -1.32. The second kappa shape index (κ2) is 4.04. The second-order valence-corrected chi connectivity index (χ2v) is 4.29. The number of nitrogens with one attached hydrogen (secondary N) is 1. The molecule has 0 radical (unpaired) electrons. The van der Waals surface area contributed by atoms with Crippen molar-refractivity contribution in [2.45, 2.75) is 25.7 Å². The lowest BCUT2D eigenvalue weighted by Gasteiger charge is -2.29. The van der Waals surface area contributed by atoms with Crippen LogP contribution in [0.3, 0.4) is 0 Å². The Kier molecular flexibility index (Phi) is 2.75. The zero-order valence-corrected chi connectivity index (χ0v) is 8.95. The Labute approximate surface area is 89.3 Å². The summed E-state index contributed by atoms with van der Waals surface area (Å²) in [5.41, 5.74) is 1.17. The van der Waals surface area contributed by atoms with Crippen molar-refractivity contribution in [2.24, 2.45) is 5.92 Å². The number of hydrogen-bond donors (Lipinski definition) is 1. The molecule has 2 aliphatic rings. The minimum Gasteiger partial charge on any atom is -0.380 e. The molecule has 0 aromatic rings. The lowest BCUT2D eigenvalue weighted by atomic mass is 9.87. The van der Waals surface area contributed by atoms with Crippen LogP contribution >= 0.6 is 0 Å². The fraction of sp³-hybridized carbons (Fsp3) is 0.636. The Bertz CT molecular complexity index is 323. The molecular weight excluding hydrogens is 192 g/mol. The maximum atomic E-state index is 11.6. The first-order chi connectivity index (χ1) is 7.16. The Morgan fingerprint density at radius 1 is 1.40 bits per heavy atom. The maximum absolute atomic E-state index is 11.6. The van der Waals surface area contributed by atoms with Crippen LogP contribution in [0.4, 0.5) is 0 Å². The van der Waals surface area contributed by atoms with E-state index in [1.807, 2.05) is 7.05 Å². The fourth-order valence-corrected chi connectivity index (χ4v) is 2.26. The van der Waals surface area contributed by atoms with Crippen molar-refractivity contribution in [1.82, 2.24) is 10.2 Å². The van der Waals surface area contributed by atoms with E-state index in [4.69, 9.17) is 0 Å². The van der Waals surface area contributed by atoms with Gasteiger partial charge < -0.3 is 4.90 Å². The Morgan fingerprint density at radius 2 is 2.20 bits per heavy atom. The summed E-state index contributed by atoms with van der Waals surface area (Å²) in [4.78, 5) is 24.7. The van der Waals surface area contributed by atoms with E-state index in [0.29, 0.717) is 12.8 Å². The van der Waals surface area contributed by atoms with Gasteiger partial charge in [0.25, 0.3) is 0 Å². The first-order valence-corrected chi connectivity index (χ1v) is 5.41. The van der Waals surface area contributed by atoms with Crippen LogP contribution in [0.1, 0.15) is 25.7 Å². The summed E-state index contributed by atoms with van der Waals surface area (Å²) in [7, 11) is 2.02. The predicted molar refractivity (Wildman–Crippen MR) is 55.8 cm³/mol. The normalized spacial score (nSPS) is 27.4. The highest BCUT2D eigenvalue weighted by Gasteiger charge is 2.30. The zero-order chi connectivity index (χ0) is 10.8. The molecule has 2 heterocycles. The van der Waals surface area contributed by atoms with Crippen molar-refractivity contribution in [2.75, 3.05) is 13.6 Å². The van der Waals surface area contributed by atoms with E-state index < -0.39 is 0 Å². The van der Waals surface area contributed by atoms with Crippen LogP contribution in [-0.2, 0) is 9.59 Å². The molecule has 2 amide bonds. The molecule has 1 saturated heterocycles. The molecule has 1 unspecified atom stereocenters. The topological polar surface area (TPSA) is 49.4 Å². The van der Waals surface area contributed by atoms with E-state index in [9.17, 15) is 9.59 Å². The third-order valence-electron chi connectivity index (χ3n) is 3.05. The van der Waals surface area contributed by atoms with Crippen LogP contribution in [-0.4, -0.2) is 30.3 Å². The van der Waals surface area contributed by atoms with Crippen LogP contribution in [0.5, 0.6) is 0 Å². The molecule has 4 heteroatoms. The lowest BCUT2D eigenvalue weighted by molar-refractivity contribution is -0.135. The van der Waals surface area contributed by atoms with Gasteiger partial charge in [0.05, 0.1) is 5.92 Å². The van der Waals surface area contributed by atoms with E-state index in [1.165, 1.54) is 5.57 Å². The Morgan fingerprint density at radius 3 is 2.87 bits per heavy atom. The van der Waals surface area contributed by atoms with E-state index in [2.05, 4.69) is 16.4 Å². The number of carbonyl (C=O) groups excluding carboxylic acids is 2. The largest absolute Gasteiger partial charge is 0.380 e. The molecule has 0 aromatic heterocycles. The smallest absolute Gasteiger partial charge is 0.233 e. The summed E-state index contributed by atoms with van der Waals surface area (Å²) in [5.74, 6) is -0.334. The lowest BCUT2D eigenvalue weighted by Crippen LogP contribution is -2.42. The molecule has 1 atom stereocenters. The summed E-state index contributed by atoms with van der Waals surface area (Å²) >= 11 is 0. The molecule has 0 spiro atoms. The number of rotatable bonds is 1. The maximum Gasteiger partial charge on any atom is 0.233 e. The van der Waals surface area contributed by atoms with Crippen LogP contribution in [0.2, 0.25) is 0 Å². The SMILES string of the molecule is CN1C=C(C2CCC(=O)NC2=O)CCC1. The van der Waals surface area contributed by atoms with Gasteiger partial charge in [-0.25, -0.2) is 0 Å². The monoisotopic (exact) mass is 208 g/mol. The number of hydrogen-bond acceptors (Lipinski definition) is 3. The van der Waals surface area contributed by atoms with Gasteiger partial charge in [0.15, 0.2) is 0 Å². The number of imide groups is 1. The molecule has 1 N–H and O–H groups in total. The molecule has 82 valence electrons. The third kappa shape index (κ3) is 2.19. The van der Waals surface area contributed by atoms with E-state index in [0.717, 1.165) is 19.4 Å². The van der Waals surface area contributed by atoms with Crippen molar-refractivity contribution in [3.8, 4) is 0 Å². The molecule has 0 aliphatic carbocycles. The zero-order valence-electron chi connectivity index (χ0n) is 8.95. The van der Waals surface area contributed by atoms with Gasteiger partial charge in [-0.15, -0.1) is 0 Å². The molecule has 1 fully saturated rings.